The monoisotopic (exact) mass is 733 g/mol. The van der Waals surface area contributed by atoms with Crippen molar-refractivity contribution in [1.82, 2.24) is 14.5 Å². The molecule has 7 aromatic carbocycles. The molecule has 0 saturated carbocycles. The van der Waals surface area contributed by atoms with Crippen LogP contribution in [-0.4, -0.2) is 20.8 Å². The number of hydrogen-bond donors (Lipinski definition) is 1. The highest BCUT2D eigenvalue weighted by atomic mass is 16.3. The van der Waals surface area contributed by atoms with Gasteiger partial charge < -0.3 is 14.3 Å². The molecule has 6 heteroatoms. The Labute approximate surface area is 328 Å². The maximum atomic E-state index is 6.38. The van der Waals surface area contributed by atoms with Crippen LogP contribution in [0.15, 0.2) is 190 Å². The van der Waals surface area contributed by atoms with Crippen LogP contribution in [0.1, 0.15) is 35.8 Å². The molecule has 4 heterocycles. The lowest BCUT2D eigenvalue weighted by molar-refractivity contribution is 0.576. The third kappa shape index (κ3) is 4.97. The van der Waals surface area contributed by atoms with E-state index in [0.717, 1.165) is 85.3 Å². The fourth-order valence-corrected chi connectivity index (χ4v) is 9.00. The summed E-state index contributed by atoms with van der Waals surface area (Å²) in [5.74, 6) is 1.50. The Hall–Kier alpha value is -7.44. The summed E-state index contributed by atoms with van der Waals surface area (Å²) in [6.07, 6.45) is 8.34. The topological polar surface area (TPSA) is 59.8 Å². The normalized spacial score (nSPS) is 15.8. The molecule has 12 rings (SSSR count). The van der Waals surface area contributed by atoms with Gasteiger partial charge in [-0.3, -0.25) is 4.57 Å². The van der Waals surface area contributed by atoms with Gasteiger partial charge in [0.25, 0.3) is 0 Å². The van der Waals surface area contributed by atoms with Crippen molar-refractivity contribution in [3.05, 3.63) is 193 Å². The van der Waals surface area contributed by atoms with Crippen LogP contribution in [0.2, 0.25) is 0 Å². The largest absolute Gasteiger partial charge is 0.456 e. The zero-order valence-corrected chi connectivity index (χ0v) is 30.9. The molecule has 1 unspecified atom stereocenters. The molecule has 0 spiro atoms. The Balaban J connectivity index is 1.12. The first-order chi connectivity index (χ1) is 28.3. The first-order valence-electron chi connectivity index (χ1n) is 19.6. The second kappa shape index (κ2) is 12.5. The Bertz CT molecular complexity index is 3370. The van der Waals surface area contributed by atoms with Crippen molar-refractivity contribution in [3.63, 3.8) is 0 Å². The molecular formula is C51H35N5O. The van der Waals surface area contributed by atoms with E-state index in [1.165, 1.54) is 32.7 Å². The van der Waals surface area contributed by atoms with Crippen LogP contribution in [0.4, 0.5) is 0 Å². The Kier molecular flexibility index (Phi) is 7.01. The van der Waals surface area contributed by atoms with E-state index in [0.29, 0.717) is 0 Å². The average molecular weight is 734 g/mol. The number of para-hydroxylation sites is 4. The summed E-state index contributed by atoms with van der Waals surface area (Å²) in [5.41, 5.74) is 11.7. The van der Waals surface area contributed by atoms with Gasteiger partial charge in [-0.15, -0.1) is 0 Å². The van der Waals surface area contributed by atoms with Crippen molar-refractivity contribution in [3.8, 4) is 5.69 Å². The van der Waals surface area contributed by atoms with E-state index >= 15 is 0 Å². The second-order valence-corrected chi connectivity index (χ2v) is 14.9. The molecule has 3 aromatic heterocycles. The van der Waals surface area contributed by atoms with Gasteiger partial charge in [-0.2, -0.15) is 0 Å². The second-order valence-electron chi connectivity index (χ2n) is 14.9. The molecule has 0 radical (unpaired) electrons. The number of furan rings is 1. The smallest absolute Gasteiger partial charge is 0.225 e. The van der Waals surface area contributed by atoms with Crippen molar-refractivity contribution < 1.29 is 4.42 Å². The zero-order valence-electron chi connectivity index (χ0n) is 30.9. The lowest BCUT2D eigenvalue weighted by atomic mass is 9.98. The van der Waals surface area contributed by atoms with Crippen LogP contribution < -0.4 is 5.32 Å². The molecular weight excluding hydrogens is 699 g/mol. The highest BCUT2D eigenvalue weighted by Crippen LogP contribution is 2.43. The summed E-state index contributed by atoms with van der Waals surface area (Å²) in [6, 6.07) is 55.9. The fourth-order valence-electron chi connectivity index (χ4n) is 9.00. The number of fused-ring (bicyclic) bond motifs is 10. The predicted octanol–water partition coefficient (Wildman–Crippen LogP) is 12.5. The number of hydrogen-bond acceptors (Lipinski definition) is 4. The number of nitrogens with zero attached hydrogens (tertiary/aromatic N) is 4. The van der Waals surface area contributed by atoms with Gasteiger partial charge in [0.1, 0.15) is 22.8 Å². The standard InChI is InChI=1S/C51H35N5O/c1-3-13-32(14-4-1)33-23-25-34(26-24-33)49-52-50(35-27-28-39-38-18-9-12-22-45(38)57-46(39)31-35)54-51(53-49)56-42-20-10-7-17-37(42)40-29-30-44-47(48(40)56)41-19-8-11-21-43(41)55(44)36-15-5-2-6-16-36/h2-3,5-31,51H,1,4H2,(H,52,53,54). The number of aromatic nitrogens is 2. The third-order valence-corrected chi connectivity index (χ3v) is 11.6. The summed E-state index contributed by atoms with van der Waals surface area (Å²) < 4.78 is 11.1. The molecule has 0 saturated heterocycles. The van der Waals surface area contributed by atoms with E-state index in [2.05, 4.69) is 178 Å². The maximum absolute atomic E-state index is 6.38. The van der Waals surface area contributed by atoms with E-state index < -0.39 is 6.29 Å². The molecule has 270 valence electrons. The van der Waals surface area contributed by atoms with Gasteiger partial charge in [0.15, 0.2) is 0 Å². The van der Waals surface area contributed by atoms with Crippen molar-refractivity contribution in [2.45, 2.75) is 19.1 Å². The molecule has 0 fully saturated rings. The first kappa shape index (κ1) is 31.9. The molecule has 1 N–H and O–H groups in total. The Morgan fingerprint density at radius 3 is 2.02 bits per heavy atom. The van der Waals surface area contributed by atoms with E-state index in [1.807, 2.05) is 12.1 Å². The number of aliphatic imine (C=N–C) groups is 2. The molecule has 57 heavy (non-hydrogen) atoms. The quantitative estimate of drug-likeness (QED) is 0.191. The molecule has 10 aromatic rings. The van der Waals surface area contributed by atoms with E-state index in [1.54, 1.807) is 0 Å². The Morgan fingerprint density at radius 1 is 0.526 bits per heavy atom. The summed E-state index contributed by atoms with van der Waals surface area (Å²) in [7, 11) is 0. The van der Waals surface area contributed by atoms with Crippen molar-refractivity contribution in [2.24, 2.45) is 9.98 Å². The molecule has 6 nitrogen and oxygen atoms in total. The van der Waals surface area contributed by atoms with Crippen LogP contribution in [0, 0.1) is 0 Å². The Morgan fingerprint density at radius 2 is 1.19 bits per heavy atom. The van der Waals surface area contributed by atoms with Crippen LogP contribution in [0.25, 0.3) is 76.8 Å². The number of rotatable bonds is 5. The first-order valence-corrected chi connectivity index (χ1v) is 19.6. The molecule has 2 aliphatic rings. The number of nitrogens with one attached hydrogen (secondary N) is 1. The average Bonchev–Trinajstić information content (AvgIpc) is 3.94. The fraction of sp³-hybridized carbons (Fsp3) is 0.0588. The van der Waals surface area contributed by atoms with Gasteiger partial charge in [0.2, 0.25) is 6.29 Å². The molecule has 1 atom stereocenters. The van der Waals surface area contributed by atoms with Crippen LogP contribution >= 0.6 is 0 Å². The molecule has 1 aliphatic carbocycles. The van der Waals surface area contributed by atoms with E-state index in [4.69, 9.17) is 14.4 Å². The van der Waals surface area contributed by atoms with Crippen LogP contribution in [0.3, 0.4) is 0 Å². The molecule has 1 aliphatic heterocycles. The van der Waals surface area contributed by atoms with E-state index in [-0.39, 0.29) is 0 Å². The summed E-state index contributed by atoms with van der Waals surface area (Å²) >= 11 is 0. The van der Waals surface area contributed by atoms with Gasteiger partial charge >= 0.3 is 0 Å². The highest BCUT2D eigenvalue weighted by Gasteiger charge is 2.27. The minimum absolute atomic E-state index is 0.613. The summed E-state index contributed by atoms with van der Waals surface area (Å²) in [5, 5.41) is 10.6. The van der Waals surface area contributed by atoms with Gasteiger partial charge in [-0.1, -0.05) is 127 Å². The number of benzene rings is 7. The summed E-state index contributed by atoms with van der Waals surface area (Å²) in [6.45, 7) is 0. The van der Waals surface area contributed by atoms with Gasteiger partial charge in [0, 0.05) is 49.1 Å². The minimum atomic E-state index is -0.613. The zero-order chi connectivity index (χ0) is 37.5. The molecule has 0 amide bonds. The van der Waals surface area contributed by atoms with Crippen LogP contribution in [-0.2, 0) is 0 Å². The molecule has 0 bridgehead atoms. The van der Waals surface area contributed by atoms with Crippen molar-refractivity contribution in [1.29, 1.82) is 0 Å². The lowest BCUT2D eigenvalue weighted by Crippen LogP contribution is -2.36. The summed E-state index contributed by atoms with van der Waals surface area (Å²) in [4.78, 5) is 11.0. The van der Waals surface area contributed by atoms with Crippen molar-refractivity contribution >= 4 is 82.8 Å². The lowest BCUT2D eigenvalue weighted by Gasteiger charge is -2.24. The predicted molar refractivity (Wildman–Crippen MR) is 236 cm³/mol. The van der Waals surface area contributed by atoms with Crippen LogP contribution in [0.5, 0.6) is 0 Å². The number of allylic oxidation sites excluding steroid dienone is 4. The SMILES string of the molecule is C1=CC(c2ccc(C3=NC(n4c5ccccc5c5ccc6c(c7ccccc7n6-c6ccccc6)c54)N=C(c4ccc5c(c4)oc4ccccc45)N3)cc2)=CCC1. The number of amidine groups is 2. The minimum Gasteiger partial charge on any atom is -0.456 e. The third-order valence-electron chi connectivity index (χ3n) is 11.6. The highest BCUT2D eigenvalue weighted by molar-refractivity contribution is 6.26. The van der Waals surface area contributed by atoms with Gasteiger partial charge in [0.05, 0.1) is 22.1 Å². The van der Waals surface area contributed by atoms with Gasteiger partial charge in [-0.05, 0) is 72.5 Å². The van der Waals surface area contributed by atoms with Gasteiger partial charge in [-0.25, -0.2) is 9.98 Å². The van der Waals surface area contributed by atoms with Crippen molar-refractivity contribution in [2.75, 3.05) is 0 Å². The van der Waals surface area contributed by atoms with E-state index in [9.17, 15) is 0 Å². The maximum Gasteiger partial charge on any atom is 0.225 e.